The number of nitrogens with one attached hydrogen (secondary N) is 1. The van der Waals surface area contributed by atoms with E-state index in [0.29, 0.717) is 17.2 Å². The first kappa shape index (κ1) is 16.2. The van der Waals surface area contributed by atoms with Crippen LogP contribution in [0.5, 0.6) is 0 Å². The van der Waals surface area contributed by atoms with Crippen LogP contribution < -0.4 is 5.32 Å². The third-order valence-electron chi connectivity index (χ3n) is 4.37. The van der Waals surface area contributed by atoms with Gasteiger partial charge in [-0.3, -0.25) is 0 Å². The maximum Gasteiger partial charge on any atom is 0.317 e. The van der Waals surface area contributed by atoms with Crippen molar-refractivity contribution in [2.45, 2.75) is 44.4 Å². The minimum atomic E-state index is 0.0925. The molecule has 116 valence electrons. The number of thioether (sulfide) groups is 1. The SMILES string of the molecule is CC(CCNC(=O)N1CCSC(C)C1C)c1ccccc1. The number of benzene rings is 1. The number of hydrogen-bond acceptors (Lipinski definition) is 2. The van der Waals surface area contributed by atoms with Gasteiger partial charge in [-0.25, -0.2) is 4.79 Å². The first-order valence-corrected chi connectivity index (χ1v) is 8.85. The van der Waals surface area contributed by atoms with E-state index in [9.17, 15) is 4.79 Å². The van der Waals surface area contributed by atoms with Crippen molar-refractivity contribution in [2.24, 2.45) is 0 Å². The number of carbonyl (C=O) groups is 1. The van der Waals surface area contributed by atoms with Crippen LogP contribution >= 0.6 is 11.8 Å². The molecule has 4 heteroatoms. The van der Waals surface area contributed by atoms with Crippen LogP contribution in [0.1, 0.15) is 38.7 Å². The molecule has 0 bridgehead atoms. The number of rotatable bonds is 4. The Morgan fingerprint density at radius 1 is 1.38 bits per heavy atom. The molecule has 0 radical (unpaired) electrons. The Hall–Kier alpha value is -1.16. The van der Waals surface area contributed by atoms with Crippen molar-refractivity contribution in [3.05, 3.63) is 35.9 Å². The molecule has 1 N–H and O–H groups in total. The summed E-state index contributed by atoms with van der Waals surface area (Å²) in [4.78, 5) is 14.3. The molecule has 3 atom stereocenters. The quantitative estimate of drug-likeness (QED) is 0.919. The molecule has 0 saturated carbocycles. The van der Waals surface area contributed by atoms with Gasteiger partial charge < -0.3 is 10.2 Å². The third kappa shape index (κ3) is 4.40. The van der Waals surface area contributed by atoms with Crippen LogP contribution in [0, 0.1) is 0 Å². The van der Waals surface area contributed by atoms with E-state index in [1.54, 1.807) is 0 Å². The average Bonchev–Trinajstić information content (AvgIpc) is 2.50. The highest BCUT2D eigenvalue weighted by molar-refractivity contribution is 8.00. The van der Waals surface area contributed by atoms with E-state index in [1.165, 1.54) is 5.56 Å². The Balaban J connectivity index is 1.76. The highest BCUT2D eigenvalue weighted by Gasteiger charge is 2.28. The number of amides is 2. The lowest BCUT2D eigenvalue weighted by atomic mass is 9.98. The Kier molecular flexibility index (Phi) is 5.97. The van der Waals surface area contributed by atoms with Gasteiger partial charge in [-0.1, -0.05) is 44.2 Å². The molecule has 1 aromatic rings. The molecule has 3 unspecified atom stereocenters. The zero-order valence-corrected chi connectivity index (χ0v) is 14.0. The van der Waals surface area contributed by atoms with Gasteiger partial charge in [-0.15, -0.1) is 0 Å². The monoisotopic (exact) mass is 306 g/mol. The van der Waals surface area contributed by atoms with Crippen LogP contribution in [-0.4, -0.2) is 41.1 Å². The predicted octanol–water partition coefficient (Wildman–Crippen LogP) is 3.72. The molecule has 2 rings (SSSR count). The van der Waals surface area contributed by atoms with Gasteiger partial charge in [0, 0.05) is 30.1 Å². The maximum absolute atomic E-state index is 12.3. The van der Waals surface area contributed by atoms with Gasteiger partial charge in [0.2, 0.25) is 0 Å². The number of hydrogen-bond donors (Lipinski definition) is 1. The molecule has 1 fully saturated rings. The number of urea groups is 1. The van der Waals surface area contributed by atoms with Crippen molar-refractivity contribution in [1.29, 1.82) is 0 Å². The minimum Gasteiger partial charge on any atom is -0.338 e. The van der Waals surface area contributed by atoms with Crippen molar-refractivity contribution in [3.63, 3.8) is 0 Å². The van der Waals surface area contributed by atoms with E-state index >= 15 is 0 Å². The fourth-order valence-electron chi connectivity index (χ4n) is 2.67. The Bertz CT molecular complexity index is 451. The topological polar surface area (TPSA) is 32.3 Å². The van der Waals surface area contributed by atoms with Crippen molar-refractivity contribution < 1.29 is 4.79 Å². The molecule has 1 aromatic carbocycles. The zero-order valence-electron chi connectivity index (χ0n) is 13.2. The van der Waals surface area contributed by atoms with E-state index in [0.717, 1.165) is 25.3 Å². The summed E-state index contributed by atoms with van der Waals surface area (Å²) in [5.74, 6) is 1.51. The van der Waals surface area contributed by atoms with E-state index in [1.807, 2.05) is 22.7 Å². The Morgan fingerprint density at radius 3 is 2.81 bits per heavy atom. The smallest absolute Gasteiger partial charge is 0.317 e. The summed E-state index contributed by atoms with van der Waals surface area (Å²) in [6.07, 6.45) is 0.974. The van der Waals surface area contributed by atoms with Crippen LogP contribution in [-0.2, 0) is 0 Å². The third-order valence-corrected chi connectivity index (χ3v) is 5.70. The molecule has 0 aliphatic carbocycles. The summed E-state index contributed by atoms with van der Waals surface area (Å²) in [6, 6.07) is 10.9. The van der Waals surface area contributed by atoms with E-state index in [4.69, 9.17) is 0 Å². The highest BCUT2D eigenvalue weighted by atomic mass is 32.2. The largest absolute Gasteiger partial charge is 0.338 e. The fourth-order valence-corrected chi connectivity index (χ4v) is 3.76. The lowest BCUT2D eigenvalue weighted by Crippen LogP contribution is -2.52. The van der Waals surface area contributed by atoms with Gasteiger partial charge in [0.1, 0.15) is 0 Å². The molecule has 3 nitrogen and oxygen atoms in total. The highest BCUT2D eigenvalue weighted by Crippen LogP contribution is 2.24. The zero-order chi connectivity index (χ0) is 15.2. The van der Waals surface area contributed by atoms with Crippen molar-refractivity contribution in [3.8, 4) is 0 Å². The molecule has 1 aliphatic rings. The minimum absolute atomic E-state index is 0.0925. The normalized spacial score (nSPS) is 23.7. The van der Waals surface area contributed by atoms with Gasteiger partial charge >= 0.3 is 6.03 Å². The summed E-state index contributed by atoms with van der Waals surface area (Å²) in [5, 5.41) is 3.60. The predicted molar refractivity (Wildman–Crippen MR) is 91.0 cm³/mol. The fraction of sp³-hybridized carbons (Fsp3) is 0.588. The second-order valence-electron chi connectivity index (χ2n) is 5.84. The van der Waals surface area contributed by atoms with E-state index in [2.05, 4.69) is 50.4 Å². The molecule has 1 aliphatic heterocycles. The molecule has 1 saturated heterocycles. The lowest BCUT2D eigenvalue weighted by molar-refractivity contribution is 0.180. The van der Waals surface area contributed by atoms with Crippen molar-refractivity contribution in [2.75, 3.05) is 18.8 Å². The molecular weight excluding hydrogens is 280 g/mol. The standard InChI is InChI=1S/C17H26N2OS/c1-13(16-7-5-4-6-8-16)9-10-18-17(20)19-11-12-21-15(3)14(19)2/h4-8,13-15H,9-12H2,1-3H3,(H,18,20). The molecule has 2 amide bonds. The molecule has 0 aromatic heterocycles. The summed E-state index contributed by atoms with van der Waals surface area (Å²) >= 11 is 1.95. The van der Waals surface area contributed by atoms with Crippen molar-refractivity contribution in [1.82, 2.24) is 10.2 Å². The van der Waals surface area contributed by atoms with Gasteiger partial charge in [0.05, 0.1) is 0 Å². The van der Waals surface area contributed by atoms with Crippen LogP contribution in [0.4, 0.5) is 4.79 Å². The summed E-state index contributed by atoms with van der Waals surface area (Å²) in [7, 11) is 0. The molecule has 1 heterocycles. The van der Waals surface area contributed by atoms with Gasteiger partial charge in [0.15, 0.2) is 0 Å². The lowest BCUT2D eigenvalue weighted by Gasteiger charge is -2.37. The Labute approximate surface area is 132 Å². The Morgan fingerprint density at radius 2 is 2.10 bits per heavy atom. The number of nitrogens with zero attached hydrogens (tertiary/aromatic N) is 1. The maximum atomic E-state index is 12.3. The first-order valence-electron chi connectivity index (χ1n) is 7.80. The van der Waals surface area contributed by atoms with Crippen LogP contribution in [0.2, 0.25) is 0 Å². The van der Waals surface area contributed by atoms with Crippen LogP contribution in [0.3, 0.4) is 0 Å². The van der Waals surface area contributed by atoms with Crippen molar-refractivity contribution >= 4 is 17.8 Å². The second kappa shape index (κ2) is 7.74. The number of carbonyl (C=O) groups excluding carboxylic acids is 1. The van der Waals surface area contributed by atoms with E-state index < -0.39 is 0 Å². The summed E-state index contributed by atoms with van der Waals surface area (Å²) in [6.45, 7) is 8.15. The first-order chi connectivity index (χ1) is 10.1. The van der Waals surface area contributed by atoms with Gasteiger partial charge in [0.25, 0.3) is 0 Å². The van der Waals surface area contributed by atoms with E-state index in [-0.39, 0.29) is 6.03 Å². The molecule has 0 spiro atoms. The van der Waals surface area contributed by atoms with Gasteiger partial charge in [-0.2, -0.15) is 11.8 Å². The summed E-state index contributed by atoms with van der Waals surface area (Å²) < 4.78 is 0. The van der Waals surface area contributed by atoms with Gasteiger partial charge in [-0.05, 0) is 24.8 Å². The van der Waals surface area contributed by atoms with Crippen LogP contribution in [0.25, 0.3) is 0 Å². The second-order valence-corrected chi connectivity index (χ2v) is 7.33. The summed E-state index contributed by atoms with van der Waals surface area (Å²) in [5.41, 5.74) is 1.34. The molecular formula is C17H26N2OS. The van der Waals surface area contributed by atoms with Crippen LogP contribution in [0.15, 0.2) is 30.3 Å². The molecule has 21 heavy (non-hydrogen) atoms. The average molecular weight is 306 g/mol.